The van der Waals surface area contributed by atoms with E-state index < -0.39 is 0 Å². The molecule has 2 nitrogen and oxygen atoms in total. The van der Waals surface area contributed by atoms with Crippen molar-refractivity contribution in [1.82, 2.24) is 0 Å². The molecule has 96 valence electrons. The van der Waals surface area contributed by atoms with E-state index in [1.165, 1.54) is 69.8 Å². The number of nitrogens with two attached hydrogens (primary N) is 1. The second kappa shape index (κ2) is 6.23. The zero-order chi connectivity index (χ0) is 12.1. The first-order chi connectivity index (χ1) is 8.27. The van der Waals surface area contributed by atoms with E-state index >= 15 is 0 Å². The molecule has 0 aromatic heterocycles. The lowest BCUT2D eigenvalue weighted by Crippen LogP contribution is -2.21. The number of amides is 1. The van der Waals surface area contributed by atoms with E-state index in [0.29, 0.717) is 11.8 Å². The Labute approximate surface area is 105 Å². The van der Waals surface area contributed by atoms with Crippen LogP contribution < -0.4 is 5.73 Å². The van der Waals surface area contributed by atoms with Gasteiger partial charge in [-0.3, -0.25) is 4.79 Å². The SMILES string of the molecule is NC(=O)C=C(C1CCCCC1)C1CCCCC1. The van der Waals surface area contributed by atoms with Crippen LogP contribution in [0, 0.1) is 11.8 Å². The summed E-state index contributed by atoms with van der Waals surface area (Å²) in [7, 11) is 0. The van der Waals surface area contributed by atoms with Crippen molar-refractivity contribution in [3.8, 4) is 0 Å². The highest BCUT2D eigenvalue weighted by molar-refractivity contribution is 5.86. The van der Waals surface area contributed by atoms with Crippen LogP contribution in [0.5, 0.6) is 0 Å². The Morgan fingerprint density at radius 1 is 0.824 bits per heavy atom. The number of carbonyl (C=O) groups is 1. The van der Waals surface area contributed by atoms with E-state index in [4.69, 9.17) is 5.73 Å². The molecule has 0 aliphatic heterocycles. The lowest BCUT2D eigenvalue weighted by Gasteiger charge is -2.32. The molecule has 1 amide bonds. The van der Waals surface area contributed by atoms with Gasteiger partial charge in [-0.25, -0.2) is 0 Å². The van der Waals surface area contributed by atoms with Crippen LogP contribution in [0.25, 0.3) is 0 Å². The summed E-state index contributed by atoms with van der Waals surface area (Å²) in [6.45, 7) is 0. The Balaban J connectivity index is 2.08. The van der Waals surface area contributed by atoms with Crippen LogP contribution in [-0.4, -0.2) is 5.91 Å². The summed E-state index contributed by atoms with van der Waals surface area (Å²) in [4.78, 5) is 11.2. The standard InChI is InChI=1S/C15H25NO/c16-15(17)11-14(12-7-3-1-4-8-12)13-9-5-2-6-10-13/h11-13H,1-10H2,(H2,16,17). The molecule has 0 unspecified atom stereocenters. The first-order valence-corrected chi connectivity index (χ1v) is 7.28. The zero-order valence-corrected chi connectivity index (χ0v) is 10.8. The fraction of sp³-hybridized carbons (Fsp3) is 0.800. The number of hydrogen-bond acceptors (Lipinski definition) is 1. The first kappa shape index (κ1) is 12.7. The summed E-state index contributed by atoms with van der Waals surface area (Å²) < 4.78 is 0. The molecule has 0 heterocycles. The molecule has 2 heteroatoms. The van der Waals surface area contributed by atoms with E-state index in [2.05, 4.69) is 0 Å². The van der Waals surface area contributed by atoms with Gasteiger partial charge in [-0.1, -0.05) is 44.1 Å². The van der Waals surface area contributed by atoms with Crippen LogP contribution in [0.1, 0.15) is 64.2 Å². The van der Waals surface area contributed by atoms with Crippen LogP contribution in [-0.2, 0) is 4.79 Å². The predicted octanol–water partition coefficient (Wildman–Crippen LogP) is 3.56. The molecular weight excluding hydrogens is 210 g/mol. The minimum atomic E-state index is -0.240. The largest absolute Gasteiger partial charge is 0.366 e. The number of primary amides is 1. The van der Waals surface area contributed by atoms with Gasteiger partial charge in [-0.15, -0.1) is 0 Å². The van der Waals surface area contributed by atoms with Crippen molar-refractivity contribution in [3.05, 3.63) is 11.6 Å². The molecule has 2 rings (SSSR count). The van der Waals surface area contributed by atoms with Gasteiger partial charge in [0, 0.05) is 6.08 Å². The maximum Gasteiger partial charge on any atom is 0.241 e. The minimum absolute atomic E-state index is 0.240. The molecule has 2 aliphatic carbocycles. The fourth-order valence-corrected chi connectivity index (χ4v) is 3.61. The van der Waals surface area contributed by atoms with Crippen LogP contribution in [0.4, 0.5) is 0 Å². The molecule has 0 bridgehead atoms. The van der Waals surface area contributed by atoms with E-state index in [1.54, 1.807) is 6.08 Å². The molecule has 17 heavy (non-hydrogen) atoms. The molecule has 0 spiro atoms. The third-order valence-electron chi connectivity index (χ3n) is 4.46. The minimum Gasteiger partial charge on any atom is -0.366 e. The smallest absolute Gasteiger partial charge is 0.241 e. The first-order valence-electron chi connectivity index (χ1n) is 7.28. The maximum atomic E-state index is 11.2. The lowest BCUT2D eigenvalue weighted by molar-refractivity contribution is -0.113. The van der Waals surface area contributed by atoms with Crippen molar-refractivity contribution < 1.29 is 4.79 Å². The average Bonchev–Trinajstić information content (AvgIpc) is 2.38. The van der Waals surface area contributed by atoms with E-state index in [1.807, 2.05) is 0 Å². The number of rotatable bonds is 3. The van der Waals surface area contributed by atoms with Crippen molar-refractivity contribution in [3.63, 3.8) is 0 Å². The van der Waals surface area contributed by atoms with Crippen molar-refractivity contribution in [2.24, 2.45) is 17.6 Å². The molecule has 2 saturated carbocycles. The predicted molar refractivity (Wildman–Crippen MR) is 70.4 cm³/mol. The van der Waals surface area contributed by atoms with Gasteiger partial charge >= 0.3 is 0 Å². The van der Waals surface area contributed by atoms with Crippen LogP contribution in [0.3, 0.4) is 0 Å². The normalized spacial score (nSPS) is 23.3. The van der Waals surface area contributed by atoms with Gasteiger partial charge in [-0.2, -0.15) is 0 Å². The Kier molecular flexibility index (Phi) is 4.64. The van der Waals surface area contributed by atoms with Crippen LogP contribution in [0.15, 0.2) is 11.6 Å². The van der Waals surface area contributed by atoms with Gasteiger partial charge in [-0.05, 0) is 37.5 Å². The second-order valence-electron chi connectivity index (χ2n) is 5.72. The fourth-order valence-electron chi connectivity index (χ4n) is 3.61. The maximum absolute atomic E-state index is 11.2. The Morgan fingerprint density at radius 2 is 1.24 bits per heavy atom. The van der Waals surface area contributed by atoms with Crippen molar-refractivity contribution in [1.29, 1.82) is 0 Å². The Morgan fingerprint density at radius 3 is 1.59 bits per heavy atom. The molecule has 2 fully saturated rings. The summed E-state index contributed by atoms with van der Waals surface area (Å²) in [6, 6.07) is 0. The van der Waals surface area contributed by atoms with E-state index in [-0.39, 0.29) is 5.91 Å². The number of hydrogen-bond donors (Lipinski definition) is 1. The molecular formula is C15H25NO. The molecule has 0 radical (unpaired) electrons. The third kappa shape index (κ3) is 3.58. The molecule has 0 aromatic carbocycles. The van der Waals surface area contributed by atoms with Gasteiger partial charge in [0.05, 0.1) is 0 Å². The third-order valence-corrected chi connectivity index (χ3v) is 4.46. The molecule has 2 N–H and O–H groups in total. The summed E-state index contributed by atoms with van der Waals surface area (Å²) in [6.07, 6.45) is 14.9. The van der Waals surface area contributed by atoms with Gasteiger partial charge in [0.25, 0.3) is 0 Å². The Bertz CT molecular complexity index is 263. The van der Waals surface area contributed by atoms with E-state index in [0.717, 1.165) is 0 Å². The summed E-state index contributed by atoms with van der Waals surface area (Å²) in [5.74, 6) is 1.06. The highest BCUT2D eigenvalue weighted by Gasteiger charge is 2.26. The molecule has 2 aliphatic rings. The summed E-state index contributed by atoms with van der Waals surface area (Å²) in [5.41, 5.74) is 6.79. The number of allylic oxidation sites excluding steroid dienone is 1. The van der Waals surface area contributed by atoms with Crippen LogP contribution >= 0.6 is 0 Å². The molecule has 0 atom stereocenters. The molecule has 0 saturated heterocycles. The van der Waals surface area contributed by atoms with Gasteiger partial charge in [0.2, 0.25) is 5.91 Å². The van der Waals surface area contributed by atoms with Gasteiger partial charge in [0.15, 0.2) is 0 Å². The second-order valence-corrected chi connectivity index (χ2v) is 5.72. The zero-order valence-electron chi connectivity index (χ0n) is 10.8. The van der Waals surface area contributed by atoms with Crippen molar-refractivity contribution >= 4 is 5.91 Å². The van der Waals surface area contributed by atoms with Crippen LogP contribution in [0.2, 0.25) is 0 Å². The lowest BCUT2D eigenvalue weighted by atomic mass is 9.73. The summed E-state index contributed by atoms with van der Waals surface area (Å²) in [5, 5.41) is 0. The van der Waals surface area contributed by atoms with Gasteiger partial charge < -0.3 is 5.73 Å². The Hall–Kier alpha value is -0.790. The quantitative estimate of drug-likeness (QED) is 0.747. The van der Waals surface area contributed by atoms with Crippen molar-refractivity contribution in [2.75, 3.05) is 0 Å². The molecule has 0 aromatic rings. The highest BCUT2D eigenvalue weighted by atomic mass is 16.1. The average molecular weight is 235 g/mol. The van der Waals surface area contributed by atoms with Crippen molar-refractivity contribution in [2.45, 2.75) is 64.2 Å². The monoisotopic (exact) mass is 235 g/mol. The highest BCUT2D eigenvalue weighted by Crippen LogP contribution is 2.39. The van der Waals surface area contributed by atoms with E-state index in [9.17, 15) is 4.79 Å². The number of carbonyl (C=O) groups excluding carboxylic acids is 1. The topological polar surface area (TPSA) is 43.1 Å². The summed E-state index contributed by atoms with van der Waals surface area (Å²) >= 11 is 0. The van der Waals surface area contributed by atoms with Gasteiger partial charge in [0.1, 0.15) is 0 Å².